The Morgan fingerprint density at radius 1 is 1.43 bits per heavy atom. The highest BCUT2D eigenvalue weighted by Gasteiger charge is 2.27. The molecule has 0 saturated heterocycles. The molecular formula is C14H26N4O2S. The van der Waals surface area contributed by atoms with Crippen LogP contribution in [0.3, 0.4) is 0 Å². The highest BCUT2D eigenvalue weighted by atomic mass is 32.1. The summed E-state index contributed by atoms with van der Waals surface area (Å²) in [7, 11) is 0. The molecule has 0 spiro atoms. The minimum atomic E-state index is -0.241. The summed E-state index contributed by atoms with van der Waals surface area (Å²) in [4.78, 5) is 16.9. The van der Waals surface area contributed by atoms with E-state index in [2.05, 4.69) is 15.6 Å². The van der Waals surface area contributed by atoms with Crippen molar-refractivity contribution in [1.82, 2.24) is 10.3 Å². The first-order valence-corrected chi connectivity index (χ1v) is 7.91. The molecule has 0 saturated carbocycles. The number of thiazole rings is 1. The second kappa shape index (κ2) is 7.09. The lowest BCUT2D eigenvalue weighted by atomic mass is 9.85. The van der Waals surface area contributed by atoms with E-state index in [0.717, 1.165) is 0 Å². The van der Waals surface area contributed by atoms with Crippen molar-refractivity contribution in [1.29, 1.82) is 0 Å². The standard InChI is InChI=1S/C14H26N4O2S/c1-8(2)16-13-18-11(15)10(21-13)12(20)17-9(6-7-19)14(3,4)5/h8-9,19H,6-7,15H2,1-5H3,(H,16,18)(H,17,20). The van der Waals surface area contributed by atoms with Crippen LogP contribution in [-0.4, -0.2) is 34.7 Å². The molecule has 1 atom stereocenters. The largest absolute Gasteiger partial charge is 0.396 e. The molecule has 0 radical (unpaired) electrons. The summed E-state index contributed by atoms with van der Waals surface area (Å²) in [6.45, 7) is 10.1. The number of aromatic nitrogens is 1. The molecule has 1 unspecified atom stereocenters. The summed E-state index contributed by atoms with van der Waals surface area (Å²) >= 11 is 1.24. The molecule has 1 aromatic heterocycles. The van der Waals surface area contributed by atoms with E-state index in [1.807, 2.05) is 34.6 Å². The number of rotatable bonds is 6. The zero-order chi connectivity index (χ0) is 16.2. The van der Waals surface area contributed by atoms with Gasteiger partial charge in [-0.15, -0.1) is 0 Å². The van der Waals surface area contributed by atoms with Gasteiger partial charge in [-0.2, -0.15) is 0 Å². The number of hydrogen-bond acceptors (Lipinski definition) is 6. The van der Waals surface area contributed by atoms with Crippen LogP contribution in [0.1, 0.15) is 50.7 Å². The third-order valence-electron chi connectivity index (χ3n) is 3.04. The van der Waals surface area contributed by atoms with Crippen molar-refractivity contribution >= 4 is 28.2 Å². The molecule has 0 fully saturated rings. The van der Waals surface area contributed by atoms with Gasteiger partial charge in [-0.3, -0.25) is 4.79 Å². The third-order valence-corrected chi connectivity index (χ3v) is 4.04. The minimum Gasteiger partial charge on any atom is -0.396 e. The lowest BCUT2D eigenvalue weighted by Crippen LogP contribution is -2.44. The van der Waals surface area contributed by atoms with E-state index in [4.69, 9.17) is 10.8 Å². The van der Waals surface area contributed by atoms with Crippen LogP contribution in [0.15, 0.2) is 0 Å². The summed E-state index contributed by atoms with van der Waals surface area (Å²) in [5, 5.41) is 15.9. The molecule has 120 valence electrons. The molecule has 6 nitrogen and oxygen atoms in total. The molecule has 0 aliphatic heterocycles. The van der Waals surface area contributed by atoms with E-state index in [1.165, 1.54) is 11.3 Å². The normalized spacial score (nSPS) is 13.3. The Morgan fingerprint density at radius 3 is 2.52 bits per heavy atom. The number of nitrogens with two attached hydrogens (primary N) is 1. The number of aliphatic hydroxyl groups is 1. The Bertz CT molecular complexity index is 480. The molecule has 0 aliphatic carbocycles. The van der Waals surface area contributed by atoms with Crippen LogP contribution in [0.25, 0.3) is 0 Å². The summed E-state index contributed by atoms with van der Waals surface area (Å²) < 4.78 is 0. The fraction of sp³-hybridized carbons (Fsp3) is 0.714. The summed E-state index contributed by atoms with van der Waals surface area (Å²) in [6, 6.07) is 0.0983. The number of carbonyl (C=O) groups is 1. The van der Waals surface area contributed by atoms with Crippen molar-refractivity contribution in [2.75, 3.05) is 17.7 Å². The summed E-state index contributed by atoms with van der Waals surface area (Å²) in [5.74, 6) is -0.00695. The van der Waals surface area contributed by atoms with Gasteiger partial charge in [0.25, 0.3) is 5.91 Å². The van der Waals surface area contributed by atoms with Gasteiger partial charge in [0, 0.05) is 18.7 Å². The highest BCUT2D eigenvalue weighted by Crippen LogP contribution is 2.27. The van der Waals surface area contributed by atoms with E-state index < -0.39 is 0 Å². The number of carbonyl (C=O) groups excluding carboxylic acids is 1. The molecule has 0 bridgehead atoms. The summed E-state index contributed by atoms with van der Waals surface area (Å²) in [5.41, 5.74) is 5.68. The van der Waals surface area contributed by atoms with Gasteiger partial charge in [0.15, 0.2) is 5.13 Å². The van der Waals surface area contributed by atoms with Crippen LogP contribution < -0.4 is 16.4 Å². The number of nitrogen functional groups attached to an aromatic ring is 1. The fourth-order valence-corrected chi connectivity index (χ4v) is 2.81. The Hall–Kier alpha value is -1.34. The van der Waals surface area contributed by atoms with Gasteiger partial charge in [0.05, 0.1) is 0 Å². The van der Waals surface area contributed by atoms with Crippen LogP contribution in [-0.2, 0) is 0 Å². The zero-order valence-corrected chi connectivity index (χ0v) is 14.2. The first-order valence-electron chi connectivity index (χ1n) is 7.09. The molecule has 1 aromatic rings. The van der Waals surface area contributed by atoms with Crippen molar-refractivity contribution in [3.05, 3.63) is 4.88 Å². The van der Waals surface area contributed by atoms with Crippen molar-refractivity contribution in [3.8, 4) is 0 Å². The van der Waals surface area contributed by atoms with Crippen molar-refractivity contribution in [2.45, 2.75) is 53.1 Å². The van der Waals surface area contributed by atoms with Gasteiger partial charge in [-0.25, -0.2) is 4.98 Å². The van der Waals surface area contributed by atoms with E-state index in [9.17, 15) is 4.79 Å². The lowest BCUT2D eigenvalue weighted by Gasteiger charge is -2.30. The Labute approximate surface area is 130 Å². The second-order valence-electron chi connectivity index (χ2n) is 6.44. The van der Waals surface area contributed by atoms with Crippen LogP contribution in [0.4, 0.5) is 10.9 Å². The van der Waals surface area contributed by atoms with E-state index in [1.54, 1.807) is 0 Å². The molecule has 0 aromatic carbocycles. The topological polar surface area (TPSA) is 100 Å². The van der Waals surface area contributed by atoms with Crippen molar-refractivity contribution < 1.29 is 9.90 Å². The average molecular weight is 314 g/mol. The zero-order valence-electron chi connectivity index (χ0n) is 13.4. The molecule has 5 N–H and O–H groups in total. The summed E-state index contributed by atoms with van der Waals surface area (Å²) in [6.07, 6.45) is 0.505. The van der Waals surface area contributed by atoms with E-state index in [-0.39, 0.29) is 35.8 Å². The number of amides is 1. The maximum atomic E-state index is 12.4. The van der Waals surface area contributed by atoms with E-state index in [0.29, 0.717) is 16.4 Å². The minimum absolute atomic E-state index is 0.0283. The van der Waals surface area contributed by atoms with Crippen molar-refractivity contribution in [2.24, 2.45) is 5.41 Å². The van der Waals surface area contributed by atoms with Gasteiger partial charge in [0.2, 0.25) is 0 Å². The smallest absolute Gasteiger partial charge is 0.265 e. The Morgan fingerprint density at radius 2 is 2.05 bits per heavy atom. The first kappa shape index (κ1) is 17.7. The molecular weight excluding hydrogens is 288 g/mol. The van der Waals surface area contributed by atoms with Crippen LogP contribution >= 0.6 is 11.3 Å². The molecule has 1 heterocycles. The van der Waals surface area contributed by atoms with Gasteiger partial charge in [-0.1, -0.05) is 32.1 Å². The van der Waals surface area contributed by atoms with Crippen LogP contribution in [0.2, 0.25) is 0 Å². The monoisotopic (exact) mass is 314 g/mol. The molecule has 1 amide bonds. The second-order valence-corrected chi connectivity index (χ2v) is 7.44. The predicted molar refractivity (Wildman–Crippen MR) is 87.7 cm³/mol. The molecule has 0 aliphatic rings. The maximum absolute atomic E-state index is 12.4. The number of nitrogens with zero attached hydrogens (tertiary/aromatic N) is 1. The predicted octanol–water partition coefficient (Wildman–Crippen LogP) is 2.07. The Balaban J connectivity index is 2.85. The molecule has 21 heavy (non-hydrogen) atoms. The van der Waals surface area contributed by atoms with Crippen LogP contribution in [0, 0.1) is 5.41 Å². The first-order chi connectivity index (χ1) is 9.65. The molecule has 7 heteroatoms. The highest BCUT2D eigenvalue weighted by molar-refractivity contribution is 7.18. The third kappa shape index (κ3) is 5.17. The van der Waals surface area contributed by atoms with Crippen molar-refractivity contribution in [3.63, 3.8) is 0 Å². The van der Waals surface area contributed by atoms with Crippen LogP contribution in [0.5, 0.6) is 0 Å². The number of nitrogens with one attached hydrogen (secondary N) is 2. The SMILES string of the molecule is CC(C)Nc1nc(N)c(C(=O)NC(CCO)C(C)(C)C)s1. The van der Waals surface area contributed by atoms with Gasteiger partial charge < -0.3 is 21.5 Å². The number of anilines is 2. The van der Waals surface area contributed by atoms with Gasteiger partial charge >= 0.3 is 0 Å². The van der Waals surface area contributed by atoms with Gasteiger partial charge in [0.1, 0.15) is 10.7 Å². The number of hydrogen-bond donors (Lipinski definition) is 4. The lowest BCUT2D eigenvalue weighted by molar-refractivity contribution is 0.0890. The fourth-order valence-electron chi connectivity index (χ4n) is 1.88. The average Bonchev–Trinajstić information content (AvgIpc) is 2.67. The maximum Gasteiger partial charge on any atom is 0.265 e. The Kier molecular flexibility index (Phi) is 5.98. The molecule has 1 rings (SSSR count). The van der Waals surface area contributed by atoms with E-state index >= 15 is 0 Å². The quantitative estimate of drug-likeness (QED) is 0.644. The van der Waals surface area contributed by atoms with Gasteiger partial charge in [-0.05, 0) is 25.7 Å². The number of aliphatic hydroxyl groups excluding tert-OH is 1.